The van der Waals surface area contributed by atoms with Crippen LogP contribution >= 0.6 is 15.9 Å². The molecule has 0 bridgehead atoms. The van der Waals surface area contributed by atoms with Gasteiger partial charge in [0.05, 0.1) is 24.4 Å². The average molecular weight is 535 g/mol. The molecule has 0 aromatic heterocycles. The van der Waals surface area contributed by atoms with Crippen LogP contribution < -0.4 is 30.3 Å². The van der Waals surface area contributed by atoms with Crippen molar-refractivity contribution in [3.8, 4) is 17.2 Å². The van der Waals surface area contributed by atoms with Gasteiger partial charge in [0.1, 0.15) is 5.75 Å². The van der Waals surface area contributed by atoms with Crippen LogP contribution in [-0.4, -0.2) is 50.8 Å². The number of benzene rings is 2. The summed E-state index contributed by atoms with van der Waals surface area (Å²) in [5.74, 6) is -0.596. The van der Waals surface area contributed by atoms with Crippen LogP contribution in [0.4, 0.5) is 5.69 Å². The molecule has 2 aromatic rings. The first-order chi connectivity index (χ1) is 16.4. The molecule has 10 nitrogen and oxygen atoms in total. The van der Waals surface area contributed by atoms with E-state index in [4.69, 9.17) is 14.2 Å². The van der Waals surface area contributed by atoms with Crippen molar-refractivity contribution < 1.29 is 28.6 Å². The fourth-order valence-electron chi connectivity index (χ4n) is 2.63. The van der Waals surface area contributed by atoms with Gasteiger partial charge in [-0.1, -0.05) is 6.92 Å². The Hall–Kier alpha value is -3.60. The molecule has 0 aliphatic rings. The summed E-state index contributed by atoms with van der Waals surface area (Å²) in [6, 6.07) is 10.3. The van der Waals surface area contributed by atoms with Gasteiger partial charge >= 0.3 is 11.8 Å². The summed E-state index contributed by atoms with van der Waals surface area (Å²) in [4.78, 5) is 35.5. The maximum absolute atomic E-state index is 12.3. The number of rotatable bonds is 11. The Morgan fingerprint density at radius 3 is 2.44 bits per heavy atom. The van der Waals surface area contributed by atoms with Gasteiger partial charge in [0, 0.05) is 12.2 Å². The highest BCUT2D eigenvalue weighted by molar-refractivity contribution is 9.10. The summed E-state index contributed by atoms with van der Waals surface area (Å²) in [6.45, 7) is 4.49. The van der Waals surface area contributed by atoms with E-state index in [2.05, 4.69) is 37.1 Å². The first kappa shape index (κ1) is 26.7. The number of nitrogens with zero attached hydrogens (tertiary/aromatic N) is 1. The van der Waals surface area contributed by atoms with Gasteiger partial charge in [0.25, 0.3) is 5.91 Å². The molecule has 11 heteroatoms. The van der Waals surface area contributed by atoms with Crippen molar-refractivity contribution in [1.29, 1.82) is 0 Å². The summed E-state index contributed by atoms with van der Waals surface area (Å²) < 4.78 is 16.9. The largest absolute Gasteiger partial charge is 0.494 e. The van der Waals surface area contributed by atoms with Crippen LogP contribution in [0.3, 0.4) is 0 Å². The number of carbonyl (C=O) groups is 3. The molecular formula is C23H27BrN4O6. The number of hydrogen-bond acceptors (Lipinski definition) is 7. The second-order valence-corrected chi connectivity index (χ2v) is 7.64. The molecule has 3 N–H and O–H groups in total. The number of ether oxygens (including phenoxy) is 3. The molecular weight excluding hydrogens is 508 g/mol. The third-order valence-corrected chi connectivity index (χ3v) is 4.76. The number of hydrazone groups is 1. The Kier molecular flexibility index (Phi) is 10.8. The van der Waals surface area contributed by atoms with Gasteiger partial charge in [-0.05, 0) is 71.2 Å². The molecule has 0 heterocycles. The van der Waals surface area contributed by atoms with Gasteiger partial charge in [-0.25, -0.2) is 5.43 Å². The van der Waals surface area contributed by atoms with E-state index in [1.54, 1.807) is 36.4 Å². The molecule has 34 heavy (non-hydrogen) atoms. The van der Waals surface area contributed by atoms with Crippen LogP contribution in [0.15, 0.2) is 46.0 Å². The van der Waals surface area contributed by atoms with Crippen molar-refractivity contribution in [2.75, 3.05) is 32.2 Å². The number of anilines is 1. The van der Waals surface area contributed by atoms with Crippen LogP contribution in [0.25, 0.3) is 0 Å². The van der Waals surface area contributed by atoms with Crippen molar-refractivity contribution in [1.82, 2.24) is 10.7 Å². The Bertz CT molecular complexity index is 1030. The van der Waals surface area contributed by atoms with Gasteiger partial charge in [-0.15, -0.1) is 0 Å². The molecule has 0 saturated carbocycles. The molecule has 0 atom stereocenters. The van der Waals surface area contributed by atoms with Crippen molar-refractivity contribution in [3.05, 3.63) is 46.4 Å². The van der Waals surface area contributed by atoms with Crippen LogP contribution in [-0.2, 0) is 14.4 Å². The van der Waals surface area contributed by atoms with E-state index in [0.29, 0.717) is 52.5 Å². The molecule has 0 saturated heterocycles. The van der Waals surface area contributed by atoms with Crippen LogP contribution in [0.1, 0.15) is 25.8 Å². The quantitative estimate of drug-likeness (QED) is 0.231. The smallest absolute Gasteiger partial charge is 0.329 e. The van der Waals surface area contributed by atoms with Gasteiger partial charge in [-0.3, -0.25) is 14.4 Å². The number of hydrogen-bond donors (Lipinski definition) is 3. The van der Waals surface area contributed by atoms with Crippen LogP contribution in [0, 0.1) is 0 Å². The zero-order chi connectivity index (χ0) is 24.9. The lowest BCUT2D eigenvalue weighted by molar-refractivity contribution is -0.139. The van der Waals surface area contributed by atoms with E-state index in [1.165, 1.54) is 13.3 Å². The topological polar surface area (TPSA) is 127 Å². The van der Waals surface area contributed by atoms with Gasteiger partial charge in [0.2, 0.25) is 0 Å². The molecule has 0 aliphatic carbocycles. The fourth-order valence-corrected chi connectivity index (χ4v) is 3.20. The molecule has 0 aliphatic heterocycles. The van der Waals surface area contributed by atoms with E-state index >= 15 is 0 Å². The van der Waals surface area contributed by atoms with Crippen molar-refractivity contribution in [3.63, 3.8) is 0 Å². The van der Waals surface area contributed by atoms with E-state index in [0.717, 1.165) is 0 Å². The molecule has 182 valence electrons. The molecule has 0 unspecified atom stereocenters. The summed E-state index contributed by atoms with van der Waals surface area (Å²) >= 11 is 3.39. The molecule has 3 amide bonds. The second kappa shape index (κ2) is 13.8. The fraction of sp³-hybridized carbons (Fsp3) is 0.304. The third kappa shape index (κ3) is 8.39. The molecule has 2 aromatic carbocycles. The summed E-state index contributed by atoms with van der Waals surface area (Å²) in [5.41, 5.74) is 3.33. The van der Waals surface area contributed by atoms with Gasteiger partial charge < -0.3 is 24.8 Å². The molecule has 0 radical (unpaired) electrons. The monoisotopic (exact) mass is 534 g/mol. The van der Waals surface area contributed by atoms with E-state index in [9.17, 15) is 14.4 Å². The minimum Gasteiger partial charge on any atom is -0.494 e. The maximum atomic E-state index is 12.3. The standard InChI is InChI=1S/C23H27BrN4O6/c1-4-10-25-22(30)23(31)28-26-13-15-11-18(24)21(19(12-15)32-3)34-14-20(29)27-16-6-8-17(9-7-16)33-5-2/h6-9,11-13H,4-5,10,14H2,1-3H3,(H,25,30)(H,27,29)(H,28,31)/b26-13-. The third-order valence-electron chi connectivity index (χ3n) is 4.17. The Balaban J connectivity index is 1.96. The van der Waals surface area contributed by atoms with Crippen LogP contribution in [0.2, 0.25) is 0 Å². The first-order valence-electron chi connectivity index (χ1n) is 10.5. The van der Waals surface area contributed by atoms with E-state index in [-0.39, 0.29) is 12.5 Å². The minimum absolute atomic E-state index is 0.251. The van der Waals surface area contributed by atoms with Crippen molar-refractivity contribution in [2.24, 2.45) is 5.10 Å². The van der Waals surface area contributed by atoms with Gasteiger partial charge in [0.15, 0.2) is 18.1 Å². The lowest BCUT2D eigenvalue weighted by Crippen LogP contribution is -2.38. The summed E-state index contributed by atoms with van der Waals surface area (Å²) in [6.07, 6.45) is 2.06. The molecule has 0 spiro atoms. The highest BCUT2D eigenvalue weighted by Crippen LogP contribution is 2.36. The van der Waals surface area contributed by atoms with Gasteiger partial charge in [-0.2, -0.15) is 5.10 Å². The lowest BCUT2D eigenvalue weighted by Gasteiger charge is -2.13. The van der Waals surface area contributed by atoms with Crippen molar-refractivity contribution >= 4 is 45.6 Å². The first-order valence-corrected chi connectivity index (χ1v) is 11.3. The molecule has 0 fully saturated rings. The predicted molar refractivity (Wildman–Crippen MR) is 131 cm³/mol. The number of amides is 3. The normalized spacial score (nSPS) is 10.5. The Morgan fingerprint density at radius 2 is 1.79 bits per heavy atom. The number of methoxy groups -OCH3 is 1. The van der Waals surface area contributed by atoms with E-state index in [1.807, 2.05) is 13.8 Å². The predicted octanol–water partition coefficient (Wildman–Crippen LogP) is 2.85. The number of nitrogens with one attached hydrogen (secondary N) is 3. The number of carbonyl (C=O) groups excluding carboxylic acids is 3. The minimum atomic E-state index is -0.866. The maximum Gasteiger partial charge on any atom is 0.329 e. The van der Waals surface area contributed by atoms with Crippen molar-refractivity contribution in [2.45, 2.75) is 20.3 Å². The molecule has 2 rings (SSSR count). The van der Waals surface area contributed by atoms with E-state index < -0.39 is 11.8 Å². The lowest BCUT2D eigenvalue weighted by atomic mass is 10.2. The Labute approximate surface area is 206 Å². The highest BCUT2D eigenvalue weighted by atomic mass is 79.9. The Morgan fingerprint density at radius 1 is 1.06 bits per heavy atom. The SMILES string of the molecule is CCCNC(=O)C(=O)N/N=C\c1cc(Br)c(OCC(=O)Nc2ccc(OCC)cc2)c(OC)c1. The number of halogens is 1. The second-order valence-electron chi connectivity index (χ2n) is 6.78. The average Bonchev–Trinajstić information content (AvgIpc) is 2.82. The summed E-state index contributed by atoms with van der Waals surface area (Å²) in [5, 5.41) is 8.97. The zero-order valence-electron chi connectivity index (χ0n) is 19.1. The summed E-state index contributed by atoms with van der Waals surface area (Å²) in [7, 11) is 1.45. The van der Waals surface area contributed by atoms with Crippen LogP contribution in [0.5, 0.6) is 17.2 Å². The zero-order valence-corrected chi connectivity index (χ0v) is 20.7. The highest BCUT2D eigenvalue weighted by Gasteiger charge is 2.14.